The third-order valence-electron chi connectivity index (χ3n) is 9.99. The molecule has 0 amide bonds. The average Bonchev–Trinajstić information content (AvgIpc) is 3.86. The number of nitrogens with zero attached hydrogens (tertiary/aromatic N) is 2. The second kappa shape index (κ2) is 10.3. The first-order valence-corrected chi connectivity index (χ1v) is 18.2. The summed E-state index contributed by atoms with van der Waals surface area (Å²) in [5.74, 6) is 0. The maximum absolute atomic E-state index is 5.38. The Labute approximate surface area is 289 Å². The van der Waals surface area contributed by atoms with Gasteiger partial charge in [0.05, 0.1) is 21.3 Å². The minimum atomic E-state index is 1.05. The summed E-state index contributed by atoms with van der Waals surface area (Å²) in [6, 6.07) is 57.5. The molecule has 0 aliphatic rings. The predicted octanol–water partition coefficient (Wildman–Crippen LogP) is 13.4. The van der Waals surface area contributed by atoms with E-state index in [1.165, 1.54) is 85.0 Å². The zero-order valence-corrected chi connectivity index (χ0v) is 27.9. The lowest BCUT2D eigenvalue weighted by Crippen LogP contribution is -1.92. The molecule has 228 valence electrons. The lowest BCUT2D eigenvalue weighted by molar-refractivity contribution is 1.18. The Morgan fingerprint density at radius 3 is 2.08 bits per heavy atom. The van der Waals surface area contributed by atoms with Crippen LogP contribution in [0.25, 0.3) is 101 Å². The number of benzene rings is 8. The van der Waals surface area contributed by atoms with Crippen molar-refractivity contribution < 1.29 is 0 Å². The maximum atomic E-state index is 5.38. The average molecular weight is 659 g/mol. The first-order chi connectivity index (χ1) is 24.3. The van der Waals surface area contributed by atoms with E-state index in [9.17, 15) is 0 Å². The second-order valence-corrected chi connectivity index (χ2v) is 14.8. The van der Waals surface area contributed by atoms with Gasteiger partial charge in [0.1, 0.15) is 5.01 Å². The van der Waals surface area contributed by atoms with Gasteiger partial charge in [0.25, 0.3) is 0 Å². The quantitative estimate of drug-likeness (QED) is 0.173. The standard InChI is InChI=1S/C45H26N2S2/c1-2-11-31(12-3-1)47-39-16-8-6-14-34(39)37-25-30(21-23-40(37)47)45-46-38-26-36(43-42(44(38)49-45)35-15-7-9-17-41(35)48-43)29-20-22-33-28(24-29)19-18-27-10-4-5-13-32(27)33/h1-26H. The van der Waals surface area contributed by atoms with Crippen molar-refractivity contribution >= 4 is 96.4 Å². The summed E-state index contributed by atoms with van der Waals surface area (Å²) in [6.45, 7) is 0. The Balaban J connectivity index is 1.14. The molecule has 0 aliphatic carbocycles. The van der Waals surface area contributed by atoms with Crippen molar-refractivity contribution in [1.82, 2.24) is 9.55 Å². The van der Waals surface area contributed by atoms with Crippen molar-refractivity contribution in [2.45, 2.75) is 0 Å². The molecule has 0 bridgehead atoms. The summed E-state index contributed by atoms with van der Waals surface area (Å²) in [5.41, 5.74) is 8.26. The molecule has 11 aromatic rings. The van der Waals surface area contributed by atoms with Crippen molar-refractivity contribution in [3.05, 3.63) is 158 Å². The zero-order valence-electron chi connectivity index (χ0n) is 26.2. The van der Waals surface area contributed by atoms with E-state index in [4.69, 9.17) is 4.98 Å². The van der Waals surface area contributed by atoms with Crippen LogP contribution in [-0.2, 0) is 0 Å². The largest absolute Gasteiger partial charge is 0.309 e. The van der Waals surface area contributed by atoms with Gasteiger partial charge in [-0.25, -0.2) is 4.98 Å². The topological polar surface area (TPSA) is 17.8 Å². The van der Waals surface area contributed by atoms with Crippen LogP contribution in [0.5, 0.6) is 0 Å². The van der Waals surface area contributed by atoms with Gasteiger partial charge in [0.2, 0.25) is 0 Å². The van der Waals surface area contributed by atoms with Crippen LogP contribution in [0.2, 0.25) is 0 Å². The Kier molecular flexibility index (Phi) is 5.74. The highest BCUT2D eigenvalue weighted by atomic mass is 32.1. The molecule has 3 heterocycles. The smallest absolute Gasteiger partial charge is 0.124 e. The van der Waals surface area contributed by atoms with Crippen molar-refractivity contribution in [1.29, 1.82) is 0 Å². The van der Waals surface area contributed by atoms with Crippen LogP contribution in [0.3, 0.4) is 0 Å². The van der Waals surface area contributed by atoms with Gasteiger partial charge >= 0.3 is 0 Å². The van der Waals surface area contributed by atoms with E-state index in [1.54, 1.807) is 0 Å². The molecule has 0 saturated heterocycles. The predicted molar refractivity (Wildman–Crippen MR) is 213 cm³/mol. The number of thiophene rings is 1. The van der Waals surface area contributed by atoms with Gasteiger partial charge in [0.15, 0.2) is 0 Å². The fourth-order valence-electron chi connectivity index (χ4n) is 7.75. The molecule has 11 rings (SSSR count). The minimum absolute atomic E-state index is 1.05. The molecule has 0 fully saturated rings. The van der Waals surface area contributed by atoms with Crippen LogP contribution >= 0.6 is 22.7 Å². The van der Waals surface area contributed by atoms with E-state index < -0.39 is 0 Å². The van der Waals surface area contributed by atoms with Crippen LogP contribution < -0.4 is 0 Å². The van der Waals surface area contributed by atoms with Gasteiger partial charge in [-0.05, 0) is 81.7 Å². The fraction of sp³-hybridized carbons (Fsp3) is 0. The Hall–Kier alpha value is -5.81. The van der Waals surface area contributed by atoms with Crippen LogP contribution in [0, 0.1) is 0 Å². The van der Waals surface area contributed by atoms with E-state index in [0.29, 0.717) is 0 Å². The highest BCUT2D eigenvalue weighted by molar-refractivity contribution is 7.28. The van der Waals surface area contributed by atoms with Gasteiger partial charge in [-0.1, -0.05) is 103 Å². The highest BCUT2D eigenvalue weighted by Gasteiger charge is 2.20. The SMILES string of the molecule is c1ccc(-n2c3ccccc3c3cc(-c4nc5cc(-c6ccc7c(ccc8ccccc87)c6)c6sc7ccccc7c6c5s4)ccc32)cc1. The zero-order chi connectivity index (χ0) is 32.1. The Morgan fingerprint density at radius 1 is 0.449 bits per heavy atom. The lowest BCUT2D eigenvalue weighted by atomic mass is 9.96. The normalized spacial score (nSPS) is 12.1. The summed E-state index contributed by atoms with van der Waals surface area (Å²) < 4.78 is 6.25. The molecular weight excluding hydrogens is 633 g/mol. The minimum Gasteiger partial charge on any atom is -0.309 e. The molecule has 0 atom stereocenters. The maximum Gasteiger partial charge on any atom is 0.124 e. The second-order valence-electron chi connectivity index (χ2n) is 12.7. The van der Waals surface area contributed by atoms with Crippen LogP contribution in [0.4, 0.5) is 0 Å². The molecule has 0 radical (unpaired) electrons. The number of hydrogen-bond acceptors (Lipinski definition) is 3. The molecule has 0 spiro atoms. The van der Waals surface area contributed by atoms with E-state index in [-0.39, 0.29) is 0 Å². The molecular formula is C45H26N2S2. The lowest BCUT2D eigenvalue weighted by Gasteiger charge is -2.09. The summed E-state index contributed by atoms with van der Waals surface area (Å²) in [7, 11) is 0. The highest BCUT2D eigenvalue weighted by Crippen LogP contribution is 2.47. The van der Waals surface area contributed by atoms with Gasteiger partial charge in [0, 0.05) is 47.8 Å². The molecule has 0 N–H and O–H groups in total. The molecule has 0 aliphatic heterocycles. The van der Waals surface area contributed by atoms with Crippen molar-refractivity contribution in [2.24, 2.45) is 0 Å². The van der Waals surface area contributed by atoms with Crippen LogP contribution in [0.1, 0.15) is 0 Å². The van der Waals surface area contributed by atoms with Gasteiger partial charge in [-0.3, -0.25) is 0 Å². The third-order valence-corrected chi connectivity index (χ3v) is 12.3. The van der Waals surface area contributed by atoms with E-state index in [0.717, 1.165) is 16.1 Å². The molecule has 0 saturated carbocycles. The number of rotatable bonds is 3. The third kappa shape index (κ3) is 4.02. The van der Waals surface area contributed by atoms with Crippen molar-refractivity contribution in [3.8, 4) is 27.4 Å². The molecule has 0 unspecified atom stereocenters. The molecule has 49 heavy (non-hydrogen) atoms. The summed E-state index contributed by atoms with van der Waals surface area (Å²) in [5, 5.41) is 11.3. The van der Waals surface area contributed by atoms with Gasteiger partial charge in [-0.15, -0.1) is 22.7 Å². The molecule has 8 aromatic carbocycles. The fourth-order valence-corrected chi connectivity index (χ4v) is 10.2. The summed E-state index contributed by atoms with van der Waals surface area (Å²) >= 11 is 3.70. The van der Waals surface area contributed by atoms with Gasteiger partial charge < -0.3 is 4.57 Å². The molecule has 4 heteroatoms. The molecule has 3 aromatic heterocycles. The first-order valence-electron chi connectivity index (χ1n) is 16.5. The van der Waals surface area contributed by atoms with E-state index in [2.05, 4.69) is 162 Å². The Morgan fingerprint density at radius 2 is 1.16 bits per heavy atom. The molecule has 2 nitrogen and oxygen atoms in total. The summed E-state index contributed by atoms with van der Waals surface area (Å²) in [4.78, 5) is 5.38. The van der Waals surface area contributed by atoms with Crippen LogP contribution in [0.15, 0.2) is 158 Å². The van der Waals surface area contributed by atoms with E-state index in [1.807, 2.05) is 22.7 Å². The number of thiazole rings is 1. The Bertz CT molecular complexity index is 3110. The number of para-hydroxylation sites is 2. The number of aromatic nitrogens is 2. The van der Waals surface area contributed by atoms with Gasteiger partial charge in [-0.2, -0.15) is 0 Å². The number of fused-ring (bicyclic) bond motifs is 11. The van der Waals surface area contributed by atoms with Crippen LogP contribution in [-0.4, -0.2) is 9.55 Å². The summed E-state index contributed by atoms with van der Waals surface area (Å²) in [6.07, 6.45) is 0. The van der Waals surface area contributed by atoms with E-state index >= 15 is 0 Å². The van der Waals surface area contributed by atoms with Crippen molar-refractivity contribution in [2.75, 3.05) is 0 Å². The van der Waals surface area contributed by atoms with Crippen molar-refractivity contribution in [3.63, 3.8) is 0 Å². The number of hydrogen-bond donors (Lipinski definition) is 0. The first kappa shape index (κ1) is 27.2. The monoisotopic (exact) mass is 658 g/mol.